The molecule has 0 aromatic heterocycles. The lowest BCUT2D eigenvalue weighted by atomic mass is 9.98. The first-order chi connectivity index (χ1) is 10.9. The molecule has 0 unspecified atom stereocenters. The maximum Gasteiger partial charge on any atom is 0.336 e. The minimum atomic E-state index is -0.974. The molecule has 2 aromatic carbocycles. The number of aliphatic carboxylic acids is 1. The number of rotatable bonds is 5. The lowest BCUT2D eigenvalue weighted by molar-refractivity contribution is -0.130. The van der Waals surface area contributed by atoms with Crippen molar-refractivity contribution in [3.8, 4) is 5.75 Å². The number of benzene rings is 2. The van der Waals surface area contributed by atoms with Gasteiger partial charge in [0.2, 0.25) is 0 Å². The van der Waals surface area contributed by atoms with Crippen LogP contribution in [0.25, 0.3) is 11.6 Å². The van der Waals surface area contributed by atoms with Gasteiger partial charge in [-0.3, -0.25) is 0 Å². The zero-order valence-corrected chi connectivity index (χ0v) is 14.1. The fraction of sp³-hybridized carbons (Fsp3) is 0.211. The molecule has 3 nitrogen and oxygen atoms in total. The third-order valence-electron chi connectivity index (χ3n) is 3.62. The van der Waals surface area contributed by atoms with Crippen LogP contribution in [0.3, 0.4) is 0 Å². The molecule has 0 amide bonds. The van der Waals surface area contributed by atoms with E-state index < -0.39 is 5.97 Å². The Morgan fingerprint density at radius 1 is 1.17 bits per heavy atom. The third kappa shape index (κ3) is 4.14. The van der Waals surface area contributed by atoms with Gasteiger partial charge in [0.1, 0.15) is 5.75 Å². The monoisotopic (exact) mass is 330 g/mol. The summed E-state index contributed by atoms with van der Waals surface area (Å²) < 4.78 is 5.39. The summed E-state index contributed by atoms with van der Waals surface area (Å²) in [6.45, 7) is 6.37. The van der Waals surface area contributed by atoms with Crippen LogP contribution in [0.2, 0.25) is 5.02 Å². The Kier molecular flexibility index (Phi) is 5.45. The maximum absolute atomic E-state index is 11.6. The highest BCUT2D eigenvalue weighted by molar-refractivity contribution is 6.32. The molecule has 2 aromatic rings. The smallest absolute Gasteiger partial charge is 0.336 e. The highest BCUT2D eigenvalue weighted by atomic mass is 35.5. The summed E-state index contributed by atoms with van der Waals surface area (Å²) >= 11 is 6.16. The van der Waals surface area contributed by atoms with E-state index >= 15 is 0 Å². The van der Waals surface area contributed by atoms with E-state index in [1.807, 2.05) is 39.0 Å². The molecular weight excluding hydrogens is 312 g/mol. The van der Waals surface area contributed by atoms with E-state index in [-0.39, 0.29) is 5.57 Å². The van der Waals surface area contributed by atoms with Crippen molar-refractivity contribution in [2.24, 2.45) is 0 Å². The Balaban J connectivity index is 2.45. The predicted molar refractivity (Wildman–Crippen MR) is 94.0 cm³/mol. The Labute approximate surface area is 141 Å². The van der Waals surface area contributed by atoms with Crippen molar-refractivity contribution in [2.45, 2.75) is 20.8 Å². The SMILES string of the molecule is CCOc1ccc(/C=C(\C(=O)O)c2ccc(C)c(C)c2)cc1Cl. The molecule has 0 radical (unpaired) electrons. The maximum atomic E-state index is 11.6. The van der Waals surface area contributed by atoms with Crippen molar-refractivity contribution in [3.63, 3.8) is 0 Å². The number of carboxylic acid groups (broad SMARTS) is 1. The van der Waals surface area contributed by atoms with Crippen molar-refractivity contribution in [3.05, 3.63) is 63.7 Å². The topological polar surface area (TPSA) is 46.5 Å². The number of carboxylic acids is 1. The molecule has 2 rings (SSSR count). The molecule has 0 saturated heterocycles. The quantitative estimate of drug-likeness (QED) is 0.621. The summed E-state index contributed by atoms with van der Waals surface area (Å²) in [5, 5.41) is 9.99. The highest BCUT2D eigenvalue weighted by Gasteiger charge is 2.12. The van der Waals surface area contributed by atoms with E-state index in [1.54, 1.807) is 24.3 Å². The number of carbonyl (C=O) groups is 1. The zero-order valence-electron chi connectivity index (χ0n) is 13.4. The van der Waals surface area contributed by atoms with E-state index in [2.05, 4.69) is 0 Å². The summed E-state index contributed by atoms with van der Waals surface area (Å²) in [6.07, 6.45) is 1.62. The van der Waals surface area contributed by atoms with Gasteiger partial charge in [0.25, 0.3) is 0 Å². The van der Waals surface area contributed by atoms with E-state index in [1.165, 1.54) is 0 Å². The molecule has 0 fully saturated rings. The van der Waals surface area contributed by atoms with Gasteiger partial charge >= 0.3 is 5.97 Å². The Morgan fingerprint density at radius 2 is 1.91 bits per heavy atom. The molecule has 1 N–H and O–H groups in total. The largest absolute Gasteiger partial charge is 0.492 e. The number of aryl methyl sites for hydroxylation is 2. The van der Waals surface area contributed by atoms with Crippen LogP contribution < -0.4 is 4.74 Å². The van der Waals surface area contributed by atoms with Gasteiger partial charge in [0, 0.05) is 0 Å². The molecule has 120 valence electrons. The first-order valence-corrected chi connectivity index (χ1v) is 7.75. The number of halogens is 1. The Morgan fingerprint density at radius 3 is 2.48 bits per heavy atom. The standard InChI is InChI=1S/C19H19ClO3/c1-4-23-18-8-6-14(11-17(18)20)10-16(19(21)22)15-7-5-12(2)13(3)9-15/h5-11H,4H2,1-3H3,(H,21,22)/b16-10-. The van der Waals surface area contributed by atoms with Crippen LogP contribution in [-0.4, -0.2) is 17.7 Å². The average molecular weight is 331 g/mol. The summed E-state index contributed by atoms with van der Waals surface area (Å²) in [5.74, 6) is -0.382. The van der Waals surface area contributed by atoms with E-state index in [9.17, 15) is 9.90 Å². The molecule has 0 aliphatic rings. The lowest BCUT2D eigenvalue weighted by Crippen LogP contribution is -2.00. The minimum absolute atomic E-state index is 0.230. The number of hydrogen-bond acceptors (Lipinski definition) is 2. The van der Waals surface area contributed by atoms with Crippen LogP contribution >= 0.6 is 11.6 Å². The first-order valence-electron chi connectivity index (χ1n) is 7.37. The molecule has 0 aliphatic heterocycles. The fourth-order valence-corrected chi connectivity index (χ4v) is 2.47. The molecule has 0 bridgehead atoms. The van der Waals surface area contributed by atoms with Crippen molar-refractivity contribution in [1.29, 1.82) is 0 Å². The normalized spacial score (nSPS) is 11.4. The summed E-state index contributed by atoms with van der Waals surface area (Å²) in [5.41, 5.74) is 3.80. The zero-order chi connectivity index (χ0) is 17.0. The number of ether oxygens (including phenoxy) is 1. The van der Waals surface area contributed by atoms with Crippen LogP contribution in [0, 0.1) is 13.8 Å². The average Bonchev–Trinajstić information content (AvgIpc) is 2.50. The summed E-state index contributed by atoms with van der Waals surface area (Å²) in [4.78, 5) is 11.6. The minimum Gasteiger partial charge on any atom is -0.492 e. The van der Waals surface area contributed by atoms with Gasteiger partial charge in [0.15, 0.2) is 0 Å². The van der Waals surface area contributed by atoms with Crippen LogP contribution in [0.15, 0.2) is 36.4 Å². The molecule has 23 heavy (non-hydrogen) atoms. The Bertz CT molecular complexity index is 763. The molecule has 0 atom stereocenters. The summed E-state index contributed by atoms with van der Waals surface area (Å²) in [6, 6.07) is 10.9. The second kappa shape index (κ2) is 7.34. The predicted octanol–water partition coefficient (Wildman–Crippen LogP) is 4.98. The second-order valence-corrected chi connectivity index (χ2v) is 5.69. The van der Waals surface area contributed by atoms with Gasteiger partial charge < -0.3 is 9.84 Å². The third-order valence-corrected chi connectivity index (χ3v) is 3.91. The van der Waals surface area contributed by atoms with E-state index in [4.69, 9.17) is 16.3 Å². The van der Waals surface area contributed by atoms with Crippen LogP contribution in [-0.2, 0) is 4.79 Å². The lowest BCUT2D eigenvalue weighted by Gasteiger charge is -2.08. The molecule has 0 saturated carbocycles. The number of hydrogen-bond donors (Lipinski definition) is 1. The molecule has 0 aliphatic carbocycles. The van der Waals surface area contributed by atoms with Gasteiger partial charge in [0.05, 0.1) is 17.2 Å². The first kappa shape index (κ1) is 17.1. The molecule has 0 heterocycles. The van der Waals surface area contributed by atoms with Gasteiger partial charge in [-0.05, 0) is 61.2 Å². The van der Waals surface area contributed by atoms with Crippen molar-refractivity contribution in [1.82, 2.24) is 0 Å². The van der Waals surface area contributed by atoms with Crippen molar-refractivity contribution >= 4 is 29.2 Å². The van der Waals surface area contributed by atoms with Crippen LogP contribution in [0.1, 0.15) is 29.2 Å². The van der Waals surface area contributed by atoms with Crippen LogP contribution in [0.4, 0.5) is 0 Å². The van der Waals surface area contributed by atoms with Gasteiger partial charge in [-0.2, -0.15) is 0 Å². The van der Waals surface area contributed by atoms with E-state index in [0.29, 0.717) is 28.5 Å². The van der Waals surface area contributed by atoms with Crippen LogP contribution in [0.5, 0.6) is 5.75 Å². The Hall–Kier alpha value is -2.26. The molecule has 4 heteroatoms. The molecular formula is C19H19ClO3. The second-order valence-electron chi connectivity index (χ2n) is 5.29. The van der Waals surface area contributed by atoms with Gasteiger partial charge in [-0.1, -0.05) is 35.9 Å². The van der Waals surface area contributed by atoms with Crippen molar-refractivity contribution < 1.29 is 14.6 Å². The van der Waals surface area contributed by atoms with Crippen molar-refractivity contribution in [2.75, 3.05) is 6.61 Å². The fourth-order valence-electron chi connectivity index (χ4n) is 2.22. The highest BCUT2D eigenvalue weighted by Crippen LogP contribution is 2.28. The van der Waals surface area contributed by atoms with Gasteiger partial charge in [-0.25, -0.2) is 4.79 Å². The summed E-state index contributed by atoms with van der Waals surface area (Å²) in [7, 11) is 0. The van der Waals surface area contributed by atoms with E-state index in [0.717, 1.165) is 11.1 Å². The van der Waals surface area contributed by atoms with Gasteiger partial charge in [-0.15, -0.1) is 0 Å². The molecule has 0 spiro atoms.